The van der Waals surface area contributed by atoms with Crippen molar-refractivity contribution in [3.63, 3.8) is 0 Å². The molecule has 1 aliphatic rings. The monoisotopic (exact) mass is 295 g/mol. The van der Waals surface area contributed by atoms with Gasteiger partial charge >= 0.3 is 0 Å². The molecule has 0 saturated heterocycles. The Balaban J connectivity index is 2.12. The number of nitrogens with zero attached hydrogens (tertiary/aromatic N) is 1. The summed E-state index contributed by atoms with van der Waals surface area (Å²) < 4.78 is 0. The Kier molecular flexibility index (Phi) is 4.90. The molecule has 1 aliphatic heterocycles. The Morgan fingerprint density at radius 2 is 2.00 bits per heavy atom. The highest BCUT2D eigenvalue weighted by molar-refractivity contribution is 5.80. The molecule has 1 aromatic rings. The lowest BCUT2D eigenvalue weighted by Crippen LogP contribution is -2.32. The van der Waals surface area contributed by atoms with Crippen LogP contribution in [0, 0.1) is 17.8 Å². The molecule has 0 fully saturated rings. The second-order valence-corrected chi connectivity index (χ2v) is 5.58. The number of carbonyl (C=O) groups excluding carboxylic acids is 1. The van der Waals surface area contributed by atoms with E-state index in [4.69, 9.17) is 5.73 Å². The Morgan fingerprint density at radius 3 is 2.64 bits per heavy atom. The number of allylic oxidation sites excluding steroid dienone is 1. The highest BCUT2D eigenvalue weighted by Crippen LogP contribution is 2.11. The summed E-state index contributed by atoms with van der Waals surface area (Å²) in [4.78, 5) is 13.8. The van der Waals surface area contributed by atoms with Gasteiger partial charge in [-0.05, 0) is 36.4 Å². The lowest BCUT2D eigenvalue weighted by molar-refractivity contribution is -0.123. The van der Waals surface area contributed by atoms with Gasteiger partial charge in [-0.25, -0.2) is 0 Å². The smallest absolute Gasteiger partial charge is 0.226 e. The average Bonchev–Trinajstić information content (AvgIpc) is 2.49. The minimum Gasteiger partial charge on any atom is -0.399 e. The number of nitrogen functional groups attached to an aromatic ring is 1. The number of hydrogen-bond acceptors (Lipinski definition) is 3. The van der Waals surface area contributed by atoms with Crippen molar-refractivity contribution in [3.8, 4) is 11.8 Å². The van der Waals surface area contributed by atoms with Gasteiger partial charge in [0.05, 0.1) is 0 Å². The normalized spacial score (nSPS) is 16.8. The van der Waals surface area contributed by atoms with Gasteiger partial charge in [-0.2, -0.15) is 0 Å². The molecular weight excluding hydrogens is 274 g/mol. The van der Waals surface area contributed by atoms with E-state index in [2.05, 4.69) is 17.2 Å². The first-order valence-electron chi connectivity index (χ1n) is 7.25. The van der Waals surface area contributed by atoms with Crippen LogP contribution in [0.25, 0.3) is 0 Å². The van der Waals surface area contributed by atoms with Crippen molar-refractivity contribution in [1.82, 2.24) is 10.2 Å². The molecule has 4 nitrogen and oxygen atoms in total. The third kappa shape index (κ3) is 4.16. The van der Waals surface area contributed by atoms with Crippen LogP contribution in [0.5, 0.6) is 0 Å². The number of rotatable bonds is 2. The van der Waals surface area contributed by atoms with Gasteiger partial charge in [-0.1, -0.05) is 25.7 Å². The fourth-order valence-corrected chi connectivity index (χ4v) is 1.87. The topological polar surface area (TPSA) is 58.4 Å². The molecule has 114 valence electrons. The summed E-state index contributed by atoms with van der Waals surface area (Å²) in [6, 6.07) is 7.38. The molecule has 1 aromatic carbocycles. The van der Waals surface area contributed by atoms with Crippen molar-refractivity contribution in [3.05, 3.63) is 53.9 Å². The summed E-state index contributed by atoms with van der Waals surface area (Å²) >= 11 is 0. The summed E-state index contributed by atoms with van der Waals surface area (Å²) in [7, 11) is 1.95. The summed E-state index contributed by atoms with van der Waals surface area (Å²) in [5, 5.41) is 2.90. The van der Waals surface area contributed by atoms with Gasteiger partial charge in [-0.3, -0.25) is 4.79 Å². The number of carbonyl (C=O) groups is 1. The molecule has 1 amide bonds. The second-order valence-electron chi connectivity index (χ2n) is 5.58. The molecule has 22 heavy (non-hydrogen) atoms. The summed E-state index contributed by atoms with van der Waals surface area (Å²) in [5.74, 6) is 6.28. The minimum absolute atomic E-state index is 0.00527. The first-order chi connectivity index (χ1) is 10.5. The number of nitrogens with two attached hydrogens (primary N) is 1. The van der Waals surface area contributed by atoms with E-state index in [1.54, 1.807) is 0 Å². The largest absolute Gasteiger partial charge is 0.399 e. The molecule has 1 unspecified atom stereocenters. The van der Waals surface area contributed by atoms with Gasteiger partial charge in [-0.15, -0.1) is 0 Å². The maximum absolute atomic E-state index is 11.8. The number of hydrogen-bond donors (Lipinski definition) is 2. The summed E-state index contributed by atoms with van der Waals surface area (Å²) in [5.41, 5.74) is 8.09. The second kappa shape index (κ2) is 6.86. The predicted molar refractivity (Wildman–Crippen MR) is 89.5 cm³/mol. The van der Waals surface area contributed by atoms with Crippen LogP contribution in [-0.2, 0) is 4.79 Å². The van der Waals surface area contributed by atoms with E-state index in [0.717, 1.165) is 16.9 Å². The first-order valence-corrected chi connectivity index (χ1v) is 7.25. The molecule has 4 heteroatoms. The quantitative estimate of drug-likeness (QED) is 0.649. The Bertz CT molecular complexity index is 660. The lowest BCUT2D eigenvalue weighted by Gasteiger charge is -2.24. The third-order valence-corrected chi connectivity index (χ3v) is 3.33. The molecule has 0 spiro atoms. The lowest BCUT2D eigenvalue weighted by atomic mass is 10.1. The van der Waals surface area contributed by atoms with E-state index < -0.39 is 0 Å². The molecule has 0 radical (unpaired) electrons. The van der Waals surface area contributed by atoms with Gasteiger partial charge in [0.15, 0.2) is 0 Å². The number of anilines is 1. The maximum atomic E-state index is 11.8. The predicted octanol–water partition coefficient (Wildman–Crippen LogP) is 2.10. The van der Waals surface area contributed by atoms with Crippen molar-refractivity contribution in [2.45, 2.75) is 19.9 Å². The van der Waals surface area contributed by atoms with E-state index in [0.29, 0.717) is 0 Å². The number of amides is 1. The fourth-order valence-electron chi connectivity index (χ4n) is 1.87. The Hall–Kier alpha value is -2.67. The molecule has 2 rings (SSSR count). The first kappa shape index (κ1) is 15.7. The number of nitrogens with one attached hydrogen (secondary N) is 1. The van der Waals surface area contributed by atoms with Gasteiger partial charge in [0.2, 0.25) is 5.91 Å². The molecule has 3 N–H and O–H groups in total. The number of likely N-dealkylation sites (N-methyl/N-ethyl adjacent to an activating group) is 1. The number of benzene rings is 1. The van der Waals surface area contributed by atoms with Crippen molar-refractivity contribution >= 4 is 11.6 Å². The maximum Gasteiger partial charge on any atom is 0.226 e. The highest BCUT2D eigenvalue weighted by Gasteiger charge is 2.14. The fraction of sp³-hybridized carbons (Fsp3) is 0.278. The Morgan fingerprint density at radius 1 is 1.32 bits per heavy atom. The van der Waals surface area contributed by atoms with E-state index in [-0.39, 0.29) is 17.9 Å². The molecule has 1 heterocycles. The molecule has 0 saturated carbocycles. The van der Waals surface area contributed by atoms with Crippen LogP contribution in [0.2, 0.25) is 0 Å². The van der Waals surface area contributed by atoms with Crippen molar-refractivity contribution in [2.75, 3.05) is 12.8 Å². The minimum atomic E-state index is -0.0787. The Labute approximate surface area is 131 Å². The van der Waals surface area contributed by atoms with E-state index in [9.17, 15) is 4.79 Å². The van der Waals surface area contributed by atoms with Crippen LogP contribution >= 0.6 is 0 Å². The van der Waals surface area contributed by atoms with Crippen molar-refractivity contribution in [2.24, 2.45) is 5.92 Å². The summed E-state index contributed by atoms with van der Waals surface area (Å²) in [6.45, 7) is 3.74. The van der Waals surface area contributed by atoms with Crippen LogP contribution < -0.4 is 11.1 Å². The van der Waals surface area contributed by atoms with Gasteiger partial charge in [0.25, 0.3) is 0 Å². The van der Waals surface area contributed by atoms with Gasteiger partial charge < -0.3 is 16.0 Å². The molecule has 0 bridgehead atoms. The van der Waals surface area contributed by atoms with Crippen LogP contribution in [0.15, 0.2) is 48.3 Å². The molecule has 0 aliphatic carbocycles. The highest BCUT2D eigenvalue weighted by atomic mass is 16.1. The molecule has 1 atom stereocenters. The third-order valence-electron chi connectivity index (χ3n) is 3.33. The van der Waals surface area contributed by atoms with Gasteiger partial charge in [0.1, 0.15) is 6.04 Å². The zero-order chi connectivity index (χ0) is 16.1. The van der Waals surface area contributed by atoms with E-state index >= 15 is 0 Å². The van der Waals surface area contributed by atoms with Crippen LogP contribution in [0.4, 0.5) is 5.69 Å². The van der Waals surface area contributed by atoms with Crippen LogP contribution in [-0.4, -0.2) is 23.9 Å². The summed E-state index contributed by atoms with van der Waals surface area (Å²) in [6.07, 6.45) is 5.74. The van der Waals surface area contributed by atoms with Crippen LogP contribution in [0.3, 0.4) is 0 Å². The van der Waals surface area contributed by atoms with Crippen LogP contribution in [0.1, 0.15) is 19.4 Å². The average molecular weight is 295 g/mol. The van der Waals surface area contributed by atoms with Crippen molar-refractivity contribution in [1.29, 1.82) is 0 Å². The van der Waals surface area contributed by atoms with Crippen molar-refractivity contribution < 1.29 is 4.79 Å². The zero-order valence-electron chi connectivity index (χ0n) is 13.1. The molecule has 0 aromatic heterocycles. The van der Waals surface area contributed by atoms with Gasteiger partial charge in [0, 0.05) is 36.1 Å². The SMILES string of the molecule is CC(C)C(=O)NC1=CC(C#Cc2ccc(N)cc2)N(C)C=C1. The molecular formula is C18H21N3O. The zero-order valence-corrected chi connectivity index (χ0v) is 13.1. The van der Waals surface area contributed by atoms with E-state index in [1.807, 2.05) is 68.4 Å². The standard InChI is InChI=1S/C18H21N3O/c1-13(2)18(22)20-16-10-11-21(3)17(12-16)9-6-14-4-7-15(19)8-5-14/h4-5,7-8,10-13,17H,19H2,1-3H3,(H,20,22). The van der Waals surface area contributed by atoms with E-state index in [1.165, 1.54) is 0 Å².